The van der Waals surface area contributed by atoms with Crippen molar-refractivity contribution in [2.75, 3.05) is 50.7 Å². The van der Waals surface area contributed by atoms with E-state index in [0.29, 0.717) is 42.0 Å². The number of ether oxygens (including phenoxy) is 1. The monoisotopic (exact) mass is 702 g/mol. The summed E-state index contributed by atoms with van der Waals surface area (Å²) in [5.41, 5.74) is 2.71. The molecule has 1 aliphatic carbocycles. The van der Waals surface area contributed by atoms with Gasteiger partial charge in [0.1, 0.15) is 23.5 Å². The minimum atomic E-state index is -4.53. The van der Waals surface area contributed by atoms with Crippen LogP contribution in [0, 0.1) is 6.92 Å². The first-order valence-corrected chi connectivity index (χ1v) is 18.3. The molecule has 2 aliphatic heterocycles. The SMILES string of the molecule is C=CCN(C(=O)c1cccc(N2CCN(CCCCC3(C(=O)NCC(F)(F)F)c4ccccc4Oc4ccccc43)CC2)c1C)C1CCCCC1. The summed E-state index contributed by atoms with van der Waals surface area (Å²) in [6.45, 7) is 9.27. The Bertz CT molecular complexity index is 1650. The van der Waals surface area contributed by atoms with Crippen molar-refractivity contribution in [3.8, 4) is 11.5 Å². The highest BCUT2D eigenvalue weighted by atomic mass is 19.4. The number of carbonyl (C=O) groups excluding carboxylic acids is 2. The van der Waals surface area contributed by atoms with Gasteiger partial charge >= 0.3 is 6.18 Å². The van der Waals surface area contributed by atoms with Crippen LogP contribution in [0.15, 0.2) is 79.4 Å². The van der Waals surface area contributed by atoms with E-state index in [1.807, 2.05) is 23.1 Å². The van der Waals surface area contributed by atoms with Crippen LogP contribution < -0.4 is 15.0 Å². The van der Waals surface area contributed by atoms with Crippen LogP contribution in [0.25, 0.3) is 0 Å². The molecule has 6 rings (SSSR count). The Labute approximate surface area is 299 Å². The van der Waals surface area contributed by atoms with Crippen molar-refractivity contribution >= 4 is 17.5 Å². The van der Waals surface area contributed by atoms with Crippen molar-refractivity contribution in [1.82, 2.24) is 15.1 Å². The van der Waals surface area contributed by atoms with E-state index < -0.39 is 24.0 Å². The van der Waals surface area contributed by atoms with Crippen molar-refractivity contribution in [3.05, 3.63) is 102 Å². The Morgan fingerprint density at radius 1 is 0.922 bits per heavy atom. The molecule has 0 radical (unpaired) electrons. The van der Waals surface area contributed by atoms with Gasteiger partial charge in [-0.2, -0.15) is 13.2 Å². The zero-order valence-electron chi connectivity index (χ0n) is 29.5. The van der Waals surface area contributed by atoms with Crippen LogP contribution in [-0.2, 0) is 10.2 Å². The molecular formula is C41H49F3N4O3. The number of nitrogens with one attached hydrogen (secondary N) is 1. The minimum Gasteiger partial charge on any atom is -0.457 e. The summed E-state index contributed by atoms with van der Waals surface area (Å²) in [5.74, 6) is 0.384. The lowest BCUT2D eigenvalue weighted by Crippen LogP contribution is -2.49. The number of anilines is 1. The Morgan fingerprint density at radius 3 is 2.20 bits per heavy atom. The van der Waals surface area contributed by atoms with Crippen LogP contribution in [0.1, 0.15) is 78.4 Å². The molecular weight excluding hydrogens is 653 g/mol. The molecule has 2 amide bonds. The number of unbranched alkanes of at least 4 members (excludes halogenated alkanes) is 1. The van der Waals surface area contributed by atoms with Crippen LogP contribution in [0.5, 0.6) is 11.5 Å². The third-order valence-corrected chi connectivity index (χ3v) is 10.9. The molecule has 51 heavy (non-hydrogen) atoms. The molecule has 3 aromatic rings. The first-order valence-electron chi connectivity index (χ1n) is 18.3. The van der Waals surface area contributed by atoms with Crippen LogP contribution in [-0.4, -0.2) is 79.6 Å². The molecule has 7 nitrogen and oxygen atoms in total. The number of amides is 2. The van der Waals surface area contributed by atoms with Crippen molar-refractivity contribution in [2.45, 2.75) is 75.9 Å². The van der Waals surface area contributed by atoms with Crippen molar-refractivity contribution in [2.24, 2.45) is 0 Å². The molecule has 3 aromatic carbocycles. The molecule has 272 valence electrons. The second kappa shape index (κ2) is 15.9. The molecule has 0 atom stereocenters. The van der Waals surface area contributed by atoms with E-state index in [1.165, 1.54) is 6.42 Å². The average Bonchev–Trinajstić information content (AvgIpc) is 3.14. The fourth-order valence-electron chi connectivity index (χ4n) is 8.26. The summed E-state index contributed by atoms with van der Waals surface area (Å²) in [4.78, 5) is 34.5. The molecule has 1 saturated carbocycles. The third kappa shape index (κ3) is 7.96. The summed E-state index contributed by atoms with van der Waals surface area (Å²) in [5, 5.41) is 2.21. The van der Waals surface area contributed by atoms with E-state index in [9.17, 15) is 22.8 Å². The smallest absolute Gasteiger partial charge is 0.405 e. The second-order valence-electron chi connectivity index (χ2n) is 14.1. The molecule has 0 spiro atoms. The van der Waals surface area contributed by atoms with Gasteiger partial charge in [-0.05, 0) is 69.0 Å². The molecule has 2 fully saturated rings. The number of hydrogen-bond acceptors (Lipinski definition) is 5. The van der Waals surface area contributed by atoms with Gasteiger partial charge in [0.05, 0.1) is 0 Å². The number of rotatable bonds is 12. The van der Waals surface area contributed by atoms with E-state index in [2.05, 4.69) is 34.7 Å². The van der Waals surface area contributed by atoms with Gasteiger partial charge in [-0.25, -0.2) is 0 Å². The topological polar surface area (TPSA) is 65.1 Å². The lowest BCUT2D eigenvalue weighted by atomic mass is 9.68. The maximum Gasteiger partial charge on any atom is 0.405 e. The number of halogens is 3. The largest absolute Gasteiger partial charge is 0.457 e. The number of piperazine rings is 1. The Kier molecular flexibility index (Phi) is 11.4. The van der Waals surface area contributed by atoms with E-state index in [1.54, 1.807) is 48.5 Å². The lowest BCUT2D eigenvalue weighted by molar-refractivity contribution is -0.141. The number of benzene rings is 3. The Balaban J connectivity index is 1.10. The molecule has 10 heteroatoms. The molecule has 2 heterocycles. The summed E-state index contributed by atoms with van der Waals surface area (Å²) in [7, 11) is 0. The number of alkyl halides is 3. The van der Waals surface area contributed by atoms with Gasteiger partial charge in [-0.1, -0.05) is 74.2 Å². The number of para-hydroxylation sites is 2. The zero-order chi connectivity index (χ0) is 36.0. The first-order chi connectivity index (χ1) is 24.6. The van der Waals surface area contributed by atoms with Crippen molar-refractivity contribution in [1.29, 1.82) is 0 Å². The van der Waals surface area contributed by atoms with Gasteiger partial charge in [0.25, 0.3) is 5.91 Å². The molecule has 0 bridgehead atoms. The molecule has 0 unspecified atom stereocenters. The third-order valence-electron chi connectivity index (χ3n) is 10.9. The highest BCUT2D eigenvalue weighted by molar-refractivity contribution is 5.97. The van der Waals surface area contributed by atoms with E-state index in [-0.39, 0.29) is 11.9 Å². The van der Waals surface area contributed by atoms with Crippen LogP contribution >= 0.6 is 0 Å². The molecule has 1 saturated heterocycles. The number of nitrogens with zero attached hydrogens (tertiary/aromatic N) is 3. The first kappa shape index (κ1) is 36.5. The quantitative estimate of drug-likeness (QED) is 0.153. The van der Waals surface area contributed by atoms with Crippen molar-refractivity contribution in [3.63, 3.8) is 0 Å². The molecule has 0 aromatic heterocycles. The van der Waals surface area contributed by atoms with Gasteiger partial charge in [-0.3, -0.25) is 14.5 Å². The summed E-state index contributed by atoms with van der Waals surface area (Å²) < 4.78 is 46.0. The van der Waals surface area contributed by atoms with Crippen LogP contribution in [0.3, 0.4) is 0 Å². The summed E-state index contributed by atoms with van der Waals surface area (Å²) in [6, 6.07) is 20.6. The maximum absolute atomic E-state index is 13.9. The average molecular weight is 703 g/mol. The summed E-state index contributed by atoms with van der Waals surface area (Å²) >= 11 is 0. The predicted octanol–water partition coefficient (Wildman–Crippen LogP) is 8.02. The minimum absolute atomic E-state index is 0.0828. The highest BCUT2D eigenvalue weighted by Crippen LogP contribution is 2.51. The van der Waals surface area contributed by atoms with Gasteiger partial charge in [0, 0.05) is 61.1 Å². The number of carbonyl (C=O) groups is 2. The fraction of sp³-hybridized carbons (Fsp3) is 0.463. The molecule has 3 aliphatic rings. The van der Waals surface area contributed by atoms with Gasteiger partial charge in [0.2, 0.25) is 5.91 Å². The lowest BCUT2D eigenvalue weighted by Gasteiger charge is -2.40. The predicted molar refractivity (Wildman–Crippen MR) is 195 cm³/mol. The van der Waals surface area contributed by atoms with Crippen LogP contribution in [0.2, 0.25) is 0 Å². The van der Waals surface area contributed by atoms with Gasteiger partial charge in [-0.15, -0.1) is 6.58 Å². The van der Waals surface area contributed by atoms with E-state index in [0.717, 1.165) is 81.6 Å². The van der Waals surface area contributed by atoms with E-state index in [4.69, 9.17) is 4.74 Å². The Morgan fingerprint density at radius 2 is 1.57 bits per heavy atom. The van der Waals surface area contributed by atoms with Crippen molar-refractivity contribution < 1.29 is 27.5 Å². The molecule has 1 N–H and O–H groups in total. The number of fused-ring (bicyclic) bond motifs is 2. The highest BCUT2D eigenvalue weighted by Gasteiger charge is 2.48. The standard InChI is InChI=1S/C41H49F3N4O3/c1-3-23-48(31-14-5-4-6-15-31)38(49)32-16-13-19-35(30(32)2)47-27-25-46(26-28-47)24-12-11-22-40(39(50)45-29-41(42,43)44)33-17-7-9-20-36(33)51-37-21-10-8-18-34(37)40/h3,7-10,13,16-21,31H,1,4-6,11-12,14-15,22-29H2,2H3,(H,45,50). The summed E-state index contributed by atoms with van der Waals surface area (Å²) in [6.07, 6.45) is 4.69. The van der Waals surface area contributed by atoms with Gasteiger partial charge < -0.3 is 19.9 Å². The number of hydrogen-bond donors (Lipinski definition) is 1. The maximum atomic E-state index is 13.9. The van der Waals surface area contributed by atoms with E-state index >= 15 is 0 Å². The second-order valence-corrected chi connectivity index (χ2v) is 14.1. The zero-order valence-corrected chi connectivity index (χ0v) is 29.5. The fourth-order valence-corrected chi connectivity index (χ4v) is 8.26. The van der Waals surface area contributed by atoms with Crippen LogP contribution in [0.4, 0.5) is 18.9 Å². The van der Waals surface area contributed by atoms with Gasteiger partial charge in [0.15, 0.2) is 0 Å². The Hall–Kier alpha value is -4.31. The normalized spacial score (nSPS) is 17.5.